The molecule has 0 bridgehead atoms. The Labute approximate surface area is 175 Å². The van der Waals surface area contributed by atoms with Crippen molar-refractivity contribution < 1.29 is 14.3 Å². The fraction of sp³-hybridized carbons (Fsp3) is 0.500. The Bertz CT molecular complexity index is 921. The van der Waals surface area contributed by atoms with Crippen LogP contribution in [0.15, 0.2) is 41.2 Å². The number of carbonyl (C=O) groups excluding carboxylic acids is 1. The van der Waals surface area contributed by atoms with Gasteiger partial charge in [0.1, 0.15) is 11.6 Å². The number of methoxy groups -OCH3 is 1. The number of hydrogen-bond acceptors (Lipinski definition) is 6. The van der Waals surface area contributed by atoms with Crippen molar-refractivity contribution in [1.82, 2.24) is 15.1 Å². The molecule has 0 radical (unpaired) electrons. The monoisotopic (exact) mass is 412 g/mol. The van der Waals surface area contributed by atoms with E-state index in [1.54, 1.807) is 37.4 Å². The summed E-state index contributed by atoms with van der Waals surface area (Å²) >= 11 is 0. The van der Waals surface area contributed by atoms with Crippen LogP contribution in [0.4, 0.5) is 5.82 Å². The van der Waals surface area contributed by atoms with Gasteiger partial charge in [0, 0.05) is 32.3 Å². The van der Waals surface area contributed by atoms with Gasteiger partial charge in [-0.05, 0) is 56.0 Å². The van der Waals surface area contributed by atoms with E-state index in [1.165, 1.54) is 10.7 Å². The fourth-order valence-corrected chi connectivity index (χ4v) is 4.04. The number of nitrogens with zero attached hydrogens (tertiary/aromatic N) is 3. The molecule has 30 heavy (non-hydrogen) atoms. The lowest BCUT2D eigenvalue weighted by Crippen LogP contribution is -2.45. The smallest absolute Gasteiger partial charge is 0.271 e. The molecule has 2 atom stereocenters. The molecule has 8 heteroatoms. The highest BCUT2D eigenvalue weighted by molar-refractivity contribution is 5.79. The molecule has 2 aliphatic rings. The van der Waals surface area contributed by atoms with Crippen LogP contribution in [-0.2, 0) is 9.53 Å². The van der Waals surface area contributed by atoms with E-state index in [9.17, 15) is 9.59 Å². The molecular formula is C22H28N4O4. The number of anilines is 1. The molecule has 1 amide bonds. The Morgan fingerprint density at radius 3 is 2.77 bits per heavy atom. The maximum Gasteiger partial charge on any atom is 0.271 e. The molecule has 2 saturated heterocycles. The minimum Gasteiger partial charge on any atom is -0.497 e. The maximum absolute atomic E-state index is 12.7. The molecule has 2 aromatic rings. The first-order valence-electron chi connectivity index (χ1n) is 10.5. The van der Waals surface area contributed by atoms with Gasteiger partial charge < -0.3 is 19.7 Å². The van der Waals surface area contributed by atoms with E-state index in [0.717, 1.165) is 44.6 Å². The van der Waals surface area contributed by atoms with Crippen molar-refractivity contribution in [2.75, 3.05) is 38.3 Å². The van der Waals surface area contributed by atoms with E-state index in [0.29, 0.717) is 24.6 Å². The molecule has 1 aromatic heterocycles. The number of hydrogen-bond donors (Lipinski definition) is 1. The lowest BCUT2D eigenvalue weighted by Gasteiger charge is -2.33. The van der Waals surface area contributed by atoms with Crippen molar-refractivity contribution in [2.24, 2.45) is 5.92 Å². The second kappa shape index (κ2) is 9.30. The molecule has 1 aromatic carbocycles. The molecule has 0 saturated carbocycles. The fourth-order valence-electron chi connectivity index (χ4n) is 4.04. The quantitative estimate of drug-likeness (QED) is 0.778. The largest absolute Gasteiger partial charge is 0.497 e. The zero-order valence-corrected chi connectivity index (χ0v) is 17.3. The summed E-state index contributed by atoms with van der Waals surface area (Å²) in [6.07, 6.45) is 3.97. The van der Waals surface area contributed by atoms with Crippen molar-refractivity contribution in [2.45, 2.75) is 31.8 Å². The first-order chi connectivity index (χ1) is 14.6. The predicted octanol–water partition coefficient (Wildman–Crippen LogP) is 1.75. The molecule has 0 aliphatic carbocycles. The van der Waals surface area contributed by atoms with Crippen LogP contribution in [0.5, 0.6) is 5.75 Å². The van der Waals surface area contributed by atoms with E-state index < -0.39 is 0 Å². The Kier molecular flexibility index (Phi) is 6.32. The van der Waals surface area contributed by atoms with Gasteiger partial charge in [-0.3, -0.25) is 9.59 Å². The third kappa shape index (κ3) is 4.64. The standard InChI is InChI=1S/C22H28N4O4/c1-29-18-8-6-17(7-9-18)26-21(27)11-10-20(24-26)25-12-2-4-16(15-25)22(28)23-14-19-5-3-13-30-19/h6-11,16,19H,2-5,12-15H2,1H3,(H,23,28)/t16-,19-/m1/s1. The van der Waals surface area contributed by atoms with E-state index in [2.05, 4.69) is 15.3 Å². The van der Waals surface area contributed by atoms with Crippen LogP contribution in [-0.4, -0.2) is 55.1 Å². The van der Waals surface area contributed by atoms with E-state index in [4.69, 9.17) is 9.47 Å². The molecule has 3 heterocycles. The molecule has 0 unspecified atom stereocenters. The van der Waals surface area contributed by atoms with Gasteiger partial charge in [-0.2, -0.15) is 4.68 Å². The van der Waals surface area contributed by atoms with Crippen LogP contribution in [0.1, 0.15) is 25.7 Å². The summed E-state index contributed by atoms with van der Waals surface area (Å²) in [6.45, 7) is 2.76. The summed E-state index contributed by atoms with van der Waals surface area (Å²) in [4.78, 5) is 27.1. The highest BCUT2D eigenvalue weighted by Crippen LogP contribution is 2.22. The first-order valence-corrected chi connectivity index (χ1v) is 10.5. The predicted molar refractivity (Wildman–Crippen MR) is 113 cm³/mol. The van der Waals surface area contributed by atoms with E-state index in [-0.39, 0.29) is 23.5 Å². The first kappa shape index (κ1) is 20.4. The molecular weight excluding hydrogens is 384 g/mol. The Morgan fingerprint density at radius 1 is 1.20 bits per heavy atom. The summed E-state index contributed by atoms with van der Waals surface area (Å²) in [5.74, 6) is 1.39. The number of carbonyl (C=O) groups is 1. The van der Waals surface area contributed by atoms with Crippen LogP contribution in [0, 0.1) is 5.92 Å². The zero-order valence-electron chi connectivity index (χ0n) is 17.3. The van der Waals surface area contributed by atoms with Crippen molar-refractivity contribution >= 4 is 11.7 Å². The van der Waals surface area contributed by atoms with Gasteiger partial charge in [-0.1, -0.05) is 0 Å². The average Bonchev–Trinajstić information content (AvgIpc) is 3.32. The van der Waals surface area contributed by atoms with Gasteiger partial charge in [-0.25, -0.2) is 0 Å². The third-order valence-corrected chi connectivity index (χ3v) is 5.75. The van der Waals surface area contributed by atoms with Gasteiger partial charge >= 0.3 is 0 Å². The molecule has 4 rings (SSSR count). The molecule has 0 spiro atoms. The average molecular weight is 412 g/mol. The van der Waals surface area contributed by atoms with E-state index >= 15 is 0 Å². The van der Waals surface area contributed by atoms with Gasteiger partial charge in [0.2, 0.25) is 5.91 Å². The van der Waals surface area contributed by atoms with Gasteiger partial charge in [-0.15, -0.1) is 5.10 Å². The summed E-state index contributed by atoms with van der Waals surface area (Å²) < 4.78 is 12.2. The molecule has 8 nitrogen and oxygen atoms in total. The molecule has 2 fully saturated rings. The lowest BCUT2D eigenvalue weighted by atomic mass is 9.97. The van der Waals surface area contributed by atoms with Crippen LogP contribution < -0.4 is 20.5 Å². The number of aromatic nitrogens is 2. The molecule has 1 N–H and O–H groups in total. The highest BCUT2D eigenvalue weighted by Gasteiger charge is 2.27. The molecule has 2 aliphatic heterocycles. The second-order valence-electron chi connectivity index (χ2n) is 7.80. The van der Waals surface area contributed by atoms with Crippen molar-refractivity contribution in [3.05, 3.63) is 46.8 Å². The third-order valence-electron chi connectivity index (χ3n) is 5.75. The summed E-state index contributed by atoms with van der Waals surface area (Å²) in [5, 5.41) is 7.61. The molecule has 160 valence electrons. The van der Waals surface area contributed by atoms with Crippen LogP contribution >= 0.6 is 0 Å². The normalized spacial score (nSPS) is 21.4. The van der Waals surface area contributed by atoms with Crippen molar-refractivity contribution in [1.29, 1.82) is 0 Å². The number of amides is 1. The summed E-state index contributed by atoms with van der Waals surface area (Å²) in [7, 11) is 1.60. The van der Waals surface area contributed by atoms with Crippen LogP contribution in [0.25, 0.3) is 5.69 Å². The van der Waals surface area contributed by atoms with Gasteiger partial charge in [0.25, 0.3) is 5.56 Å². The highest BCUT2D eigenvalue weighted by atomic mass is 16.5. The van der Waals surface area contributed by atoms with Crippen LogP contribution in [0.2, 0.25) is 0 Å². The number of ether oxygens (including phenoxy) is 2. The number of nitrogens with one attached hydrogen (secondary N) is 1. The Hall–Kier alpha value is -2.87. The summed E-state index contributed by atoms with van der Waals surface area (Å²) in [6, 6.07) is 10.4. The second-order valence-corrected chi connectivity index (χ2v) is 7.80. The number of rotatable bonds is 6. The number of piperidine rings is 1. The Morgan fingerprint density at radius 2 is 2.03 bits per heavy atom. The zero-order chi connectivity index (χ0) is 20.9. The van der Waals surface area contributed by atoms with E-state index in [1.807, 2.05) is 0 Å². The maximum atomic E-state index is 12.7. The minimum atomic E-state index is -0.202. The lowest BCUT2D eigenvalue weighted by molar-refractivity contribution is -0.125. The Balaban J connectivity index is 1.45. The van der Waals surface area contributed by atoms with Crippen molar-refractivity contribution in [3.8, 4) is 11.4 Å². The minimum absolute atomic E-state index is 0.0682. The summed E-state index contributed by atoms with van der Waals surface area (Å²) in [5.41, 5.74) is 0.470. The number of benzene rings is 1. The SMILES string of the molecule is COc1ccc(-n2nc(N3CCC[C@@H](C(=O)NC[C@H]4CCCO4)C3)ccc2=O)cc1. The van der Waals surface area contributed by atoms with Gasteiger partial charge in [0.05, 0.1) is 24.8 Å². The van der Waals surface area contributed by atoms with Crippen LogP contribution in [0.3, 0.4) is 0 Å². The van der Waals surface area contributed by atoms with Crippen molar-refractivity contribution in [3.63, 3.8) is 0 Å². The topological polar surface area (TPSA) is 85.7 Å². The van der Waals surface area contributed by atoms with Gasteiger partial charge in [0.15, 0.2) is 0 Å².